The molecule has 1 aromatic carbocycles. The molecule has 7 nitrogen and oxygen atoms in total. The zero-order chi connectivity index (χ0) is 18.5. The van der Waals surface area contributed by atoms with E-state index in [9.17, 15) is 14.4 Å². The van der Waals surface area contributed by atoms with Crippen molar-refractivity contribution in [2.45, 2.75) is 23.1 Å². The molecule has 1 aliphatic heterocycles. The highest BCUT2D eigenvalue weighted by Crippen LogP contribution is 2.38. The Morgan fingerprint density at radius 3 is 2.85 bits per heavy atom. The summed E-state index contributed by atoms with van der Waals surface area (Å²) in [5.74, 6) is -0.348. The first-order valence-electron chi connectivity index (χ1n) is 7.84. The van der Waals surface area contributed by atoms with Crippen molar-refractivity contribution in [1.29, 1.82) is 0 Å². The molecule has 1 atom stereocenters. The van der Waals surface area contributed by atoms with Crippen LogP contribution in [0.1, 0.15) is 12.2 Å². The molecular weight excluding hydrogens is 378 g/mol. The summed E-state index contributed by atoms with van der Waals surface area (Å²) < 4.78 is 5.10. The first kappa shape index (κ1) is 18.3. The molecule has 0 saturated heterocycles. The third-order valence-corrected chi connectivity index (χ3v) is 5.13. The molecule has 2 heterocycles. The standard InChI is InChI=1S/C17H16ClN3O4S/c18-10-3-4-13-12(6-10)21-17(24)14(26-13)7-15(22)20-9-16(23)19-8-11-2-1-5-25-11/h1-6,14H,7-9H2,(H,19,23)(H,20,22)(H,21,24)/t14-/m1/s1. The highest BCUT2D eigenvalue weighted by molar-refractivity contribution is 8.01. The third kappa shape index (κ3) is 4.80. The third-order valence-electron chi connectivity index (χ3n) is 3.62. The predicted octanol–water partition coefficient (Wildman–Crippen LogP) is 2.17. The molecule has 0 saturated carbocycles. The molecule has 1 aliphatic rings. The zero-order valence-corrected chi connectivity index (χ0v) is 15.2. The van der Waals surface area contributed by atoms with Crippen molar-refractivity contribution in [2.75, 3.05) is 11.9 Å². The second-order valence-electron chi connectivity index (χ2n) is 5.57. The first-order chi connectivity index (χ1) is 12.5. The van der Waals surface area contributed by atoms with Crippen LogP contribution >= 0.6 is 23.4 Å². The molecule has 3 rings (SSSR count). The predicted molar refractivity (Wildman–Crippen MR) is 97.9 cm³/mol. The van der Waals surface area contributed by atoms with E-state index in [1.807, 2.05) is 0 Å². The lowest BCUT2D eigenvalue weighted by molar-refractivity contribution is -0.127. The van der Waals surface area contributed by atoms with Gasteiger partial charge in [-0.25, -0.2) is 0 Å². The van der Waals surface area contributed by atoms with E-state index < -0.39 is 5.25 Å². The number of rotatable bonds is 6. The highest BCUT2D eigenvalue weighted by atomic mass is 35.5. The Hall–Kier alpha value is -2.45. The van der Waals surface area contributed by atoms with Crippen LogP contribution in [0.4, 0.5) is 5.69 Å². The maximum absolute atomic E-state index is 12.1. The first-order valence-corrected chi connectivity index (χ1v) is 9.10. The second-order valence-corrected chi connectivity index (χ2v) is 7.25. The Bertz CT molecular complexity index is 825. The van der Waals surface area contributed by atoms with Crippen molar-refractivity contribution in [3.8, 4) is 0 Å². The Morgan fingerprint density at radius 1 is 1.23 bits per heavy atom. The normalized spacial score (nSPS) is 15.7. The maximum atomic E-state index is 12.1. The van der Waals surface area contributed by atoms with Gasteiger partial charge >= 0.3 is 0 Å². The number of thioether (sulfide) groups is 1. The Labute approximate surface area is 158 Å². The van der Waals surface area contributed by atoms with Crippen LogP contribution in [0, 0.1) is 0 Å². The van der Waals surface area contributed by atoms with Crippen molar-refractivity contribution in [1.82, 2.24) is 10.6 Å². The quantitative estimate of drug-likeness (QED) is 0.698. The molecule has 3 N–H and O–H groups in total. The molecule has 0 aliphatic carbocycles. The van der Waals surface area contributed by atoms with E-state index >= 15 is 0 Å². The van der Waals surface area contributed by atoms with Crippen LogP contribution in [0.3, 0.4) is 0 Å². The van der Waals surface area contributed by atoms with E-state index in [0.29, 0.717) is 16.5 Å². The lowest BCUT2D eigenvalue weighted by Crippen LogP contribution is -2.39. The van der Waals surface area contributed by atoms with Gasteiger partial charge in [0.25, 0.3) is 0 Å². The minimum Gasteiger partial charge on any atom is -0.467 e. The van der Waals surface area contributed by atoms with Crippen LogP contribution in [0.5, 0.6) is 0 Å². The average molecular weight is 394 g/mol. The van der Waals surface area contributed by atoms with E-state index in [0.717, 1.165) is 4.90 Å². The number of carbonyl (C=O) groups is 3. The minimum absolute atomic E-state index is 0.0238. The maximum Gasteiger partial charge on any atom is 0.239 e. The molecule has 0 spiro atoms. The number of carbonyl (C=O) groups excluding carboxylic acids is 3. The smallest absolute Gasteiger partial charge is 0.239 e. The average Bonchev–Trinajstić information content (AvgIpc) is 3.12. The van der Waals surface area contributed by atoms with Gasteiger partial charge < -0.3 is 20.4 Å². The molecular formula is C17H16ClN3O4S. The van der Waals surface area contributed by atoms with Crippen molar-refractivity contribution < 1.29 is 18.8 Å². The largest absolute Gasteiger partial charge is 0.467 e. The van der Waals surface area contributed by atoms with Gasteiger partial charge in [0.2, 0.25) is 17.7 Å². The second kappa shape index (κ2) is 8.29. The molecule has 9 heteroatoms. The fraction of sp³-hybridized carbons (Fsp3) is 0.235. The molecule has 136 valence electrons. The van der Waals surface area contributed by atoms with Crippen molar-refractivity contribution in [3.63, 3.8) is 0 Å². The number of halogens is 1. The molecule has 0 fully saturated rings. The van der Waals surface area contributed by atoms with Crippen LogP contribution in [0.2, 0.25) is 5.02 Å². The fourth-order valence-corrected chi connectivity index (χ4v) is 3.60. The van der Waals surface area contributed by atoms with Gasteiger partial charge in [-0.1, -0.05) is 11.6 Å². The fourth-order valence-electron chi connectivity index (χ4n) is 2.34. The monoisotopic (exact) mass is 393 g/mol. The van der Waals surface area contributed by atoms with Crippen LogP contribution < -0.4 is 16.0 Å². The summed E-state index contributed by atoms with van der Waals surface area (Å²) in [6, 6.07) is 8.66. The number of hydrogen-bond donors (Lipinski definition) is 3. The molecule has 0 bridgehead atoms. The summed E-state index contributed by atoms with van der Waals surface area (Å²) in [7, 11) is 0. The van der Waals surface area contributed by atoms with Gasteiger partial charge in [0.15, 0.2) is 0 Å². The van der Waals surface area contributed by atoms with Crippen LogP contribution in [0.15, 0.2) is 45.9 Å². The van der Waals surface area contributed by atoms with Gasteiger partial charge in [0.05, 0.1) is 30.3 Å². The summed E-state index contributed by atoms with van der Waals surface area (Å²) in [6.45, 7) is 0.0900. The van der Waals surface area contributed by atoms with Gasteiger partial charge in [-0.3, -0.25) is 14.4 Å². The summed E-state index contributed by atoms with van der Waals surface area (Å²) >= 11 is 7.21. The van der Waals surface area contributed by atoms with E-state index in [2.05, 4.69) is 16.0 Å². The summed E-state index contributed by atoms with van der Waals surface area (Å²) in [6.07, 6.45) is 1.49. The molecule has 26 heavy (non-hydrogen) atoms. The number of amides is 3. The van der Waals surface area contributed by atoms with E-state index in [4.69, 9.17) is 16.0 Å². The number of fused-ring (bicyclic) bond motifs is 1. The summed E-state index contributed by atoms with van der Waals surface area (Å²) in [5, 5.41) is 7.86. The lowest BCUT2D eigenvalue weighted by Gasteiger charge is -2.23. The van der Waals surface area contributed by atoms with Crippen molar-refractivity contribution >= 4 is 46.8 Å². The number of benzene rings is 1. The SMILES string of the molecule is O=C(CNC(=O)C[C@H]1Sc2ccc(Cl)cc2NC1=O)NCc1ccco1. The lowest BCUT2D eigenvalue weighted by atomic mass is 10.2. The van der Waals surface area contributed by atoms with Gasteiger partial charge in [0, 0.05) is 16.3 Å². The van der Waals surface area contributed by atoms with Crippen LogP contribution in [0.25, 0.3) is 0 Å². The van der Waals surface area contributed by atoms with Gasteiger partial charge in [0.1, 0.15) is 5.76 Å². The highest BCUT2D eigenvalue weighted by Gasteiger charge is 2.29. The molecule has 1 aromatic heterocycles. The molecule has 0 radical (unpaired) electrons. The number of hydrogen-bond acceptors (Lipinski definition) is 5. The number of anilines is 1. The number of furan rings is 1. The minimum atomic E-state index is -0.560. The Kier molecular flexibility index (Phi) is 5.85. The van der Waals surface area contributed by atoms with E-state index in [-0.39, 0.29) is 37.2 Å². The topological polar surface area (TPSA) is 100 Å². The number of nitrogens with one attached hydrogen (secondary N) is 3. The van der Waals surface area contributed by atoms with Gasteiger partial charge in [-0.05, 0) is 30.3 Å². The van der Waals surface area contributed by atoms with Crippen molar-refractivity contribution in [2.24, 2.45) is 0 Å². The Morgan fingerprint density at radius 2 is 2.08 bits per heavy atom. The molecule has 3 amide bonds. The Balaban J connectivity index is 1.45. The van der Waals surface area contributed by atoms with Gasteiger partial charge in [-0.2, -0.15) is 0 Å². The molecule has 2 aromatic rings. The van der Waals surface area contributed by atoms with Crippen molar-refractivity contribution in [3.05, 3.63) is 47.4 Å². The molecule has 0 unspecified atom stereocenters. The van der Waals surface area contributed by atoms with E-state index in [1.165, 1.54) is 18.0 Å². The van der Waals surface area contributed by atoms with Crippen LogP contribution in [-0.2, 0) is 20.9 Å². The van der Waals surface area contributed by atoms with E-state index in [1.54, 1.807) is 30.3 Å². The zero-order valence-electron chi connectivity index (χ0n) is 13.6. The van der Waals surface area contributed by atoms with Crippen LogP contribution in [-0.4, -0.2) is 29.5 Å². The summed E-state index contributed by atoms with van der Waals surface area (Å²) in [4.78, 5) is 36.7. The van der Waals surface area contributed by atoms with Gasteiger partial charge in [-0.15, -0.1) is 11.8 Å². The summed E-state index contributed by atoms with van der Waals surface area (Å²) in [5.41, 5.74) is 0.640.